The minimum Gasteiger partial charge on any atom is -0.497 e. The standard InChI is InChI=1S/C16H22N4O2/c1-10(2)17-15-8-11(3)18-16(20-15)19-13-7-6-12(21-4)9-14(13)22-5/h6-10H,1-5H3,(H2,17,18,19,20). The summed E-state index contributed by atoms with van der Waals surface area (Å²) in [5, 5.41) is 6.46. The van der Waals surface area contributed by atoms with Gasteiger partial charge in [-0.05, 0) is 32.9 Å². The number of anilines is 3. The topological polar surface area (TPSA) is 68.3 Å². The highest BCUT2D eigenvalue weighted by Crippen LogP contribution is 2.30. The molecule has 6 heteroatoms. The van der Waals surface area contributed by atoms with E-state index in [1.165, 1.54) is 0 Å². The molecule has 0 radical (unpaired) electrons. The maximum Gasteiger partial charge on any atom is 0.229 e. The number of hydrogen-bond acceptors (Lipinski definition) is 6. The molecular weight excluding hydrogens is 280 g/mol. The average Bonchev–Trinajstić information content (AvgIpc) is 2.46. The van der Waals surface area contributed by atoms with Gasteiger partial charge in [0.25, 0.3) is 0 Å². The SMILES string of the molecule is COc1ccc(Nc2nc(C)cc(NC(C)C)n2)c(OC)c1. The van der Waals surface area contributed by atoms with Gasteiger partial charge in [-0.2, -0.15) is 4.98 Å². The minimum atomic E-state index is 0.303. The molecule has 0 atom stereocenters. The molecule has 0 aliphatic heterocycles. The zero-order chi connectivity index (χ0) is 16.1. The van der Waals surface area contributed by atoms with Crippen molar-refractivity contribution in [1.29, 1.82) is 0 Å². The highest BCUT2D eigenvalue weighted by Gasteiger charge is 2.09. The van der Waals surface area contributed by atoms with E-state index in [1.807, 2.05) is 31.2 Å². The van der Waals surface area contributed by atoms with Crippen LogP contribution < -0.4 is 20.1 Å². The van der Waals surface area contributed by atoms with Gasteiger partial charge in [-0.1, -0.05) is 0 Å². The molecule has 118 valence electrons. The van der Waals surface area contributed by atoms with E-state index in [4.69, 9.17) is 9.47 Å². The lowest BCUT2D eigenvalue weighted by Gasteiger charge is -2.14. The molecule has 0 spiro atoms. The van der Waals surface area contributed by atoms with Crippen LogP contribution in [0.3, 0.4) is 0 Å². The quantitative estimate of drug-likeness (QED) is 0.852. The van der Waals surface area contributed by atoms with Gasteiger partial charge in [0.05, 0.1) is 19.9 Å². The van der Waals surface area contributed by atoms with Gasteiger partial charge in [-0.25, -0.2) is 4.98 Å². The van der Waals surface area contributed by atoms with Crippen LogP contribution in [0.1, 0.15) is 19.5 Å². The Kier molecular flexibility index (Phi) is 5.04. The first-order valence-electron chi connectivity index (χ1n) is 7.13. The van der Waals surface area contributed by atoms with Crippen LogP contribution in [0, 0.1) is 6.92 Å². The second-order valence-corrected chi connectivity index (χ2v) is 5.21. The van der Waals surface area contributed by atoms with Crippen molar-refractivity contribution in [3.63, 3.8) is 0 Å². The smallest absolute Gasteiger partial charge is 0.229 e. The molecule has 0 unspecified atom stereocenters. The van der Waals surface area contributed by atoms with E-state index in [-0.39, 0.29) is 0 Å². The van der Waals surface area contributed by atoms with Gasteiger partial charge in [0.2, 0.25) is 5.95 Å². The fourth-order valence-electron chi connectivity index (χ4n) is 2.02. The predicted molar refractivity (Wildman–Crippen MR) is 88.4 cm³/mol. The van der Waals surface area contributed by atoms with E-state index in [0.717, 1.165) is 22.9 Å². The summed E-state index contributed by atoms with van der Waals surface area (Å²) in [6.45, 7) is 6.07. The monoisotopic (exact) mass is 302 g/mol. The molecule has 0 saturated carbocycles. The largest absolute Gasteiger partial charge is 0.497 e. The highest BCUT2D eigenvalue weighted by molar-refractivity contribution is 5.65. The van der Waals surface area contributed by atoms with Crippen LogP contribution in [-0.2, 0) is 0 Å². The molecule has 1 aromatic carbocycles. The normalized spacial score (nSPS) is 10.5. The van der Waals surface area contributed by atoms with Crippen LogP contribution in [0.4, 0.5) is 17.5 Å². The van der Waals surface area contributed by atoms with E-state index >= 15 is 0 Å². The summed E-state index contributed by atoms with van der Waals surface area (Å²) >= 11 is 0. The van der Waals surface area contributed by atoms with Crippen LogP contribution in [0.25, 0.3) is 0 Å². The molecule has 22 heavy (non-hydrogen) atoms. The summed E-state index contributed by atoms with van der Waals surface area (Å²) in [6.07, 6.45) is 0. The van der Waals surface area contributed by atoms with E-state index in [2.05, 4.69) is 34.4 Å². The van der Waals surface area contributed by atoms with Gasteiger partial charge < -0.3 is 20.1 Å². The van der Waals surface area contributed by atoms with E-state index < -0.39 is 0 Å². The van der Waals surface area contributed by atoms with Crippen LogP contribution in [0.2, 0.25) is 0 Å². The fraction of sp³-hybridized carbons (Fsp3) is 0.375. The molecule has 1 heterocycles. The Morgan fingerprint density at radius 1 is 1.05 bits per heavy atom. The zero-order valence-corrected chi connectivity index (χ0v) is 13.6. The molecule has 6 nitrogen and oxygen atoms in total. The number of methoxy groups -OCH3 is 2. The number of nitrogens with zero attached hydrogens (tertiary/aromatic N) is 2. The Balaban J connectivity index is 2.28. The third-order valence-electron chi connectivity index (χ3n) is 2.95. The first-order chi connectivity index (χ1) is 10.5. The Morgan fingerprint density at radius 3 is 2.45 bits per heavy atom. The van der Waals surface area contributed by atoms with Gasteiger partial charge in [-0.15, -0.1) is 0 Å². The number of nitrogens with one attached hydrogen (secondary N) is 2. The third kappa shape index (κ3) is 4.00. The third-order valence-corrected chi connectivity index (χ3v) is 2.95. The fourth-order valence-corrected chi connectivity index (χ4v) is 2.02. The molecule has 0 saturated heterocycles. The Labute approximate surface area is 130 Å². The van der Waals surface area contributed by atoms with Crippen molar-refractivity contribution in [3.05, 3.63) is 30.0 Å². The average molecular weight is 302 g/mol. The van der Waals surface area contributed by atoms with Crippen molar-refractivity contribution in [2.75, 3.05) is 24.9 Å². The lowest BCUT2D eigenvalue weighted by molar-refractivity contribution is 0.395. The Bertz CT molecular complexity index is 644. The molecule has 2 N–H and O–H groups in total. The van der Waals surface area contributed by atoms with Crippen LogP contribution in [-0.4, -0.2) is 30.2 Å². The van der Waals surface area contributed by atoms with E-state index in [0.29, 0.717) is 17.7 Å². The lowest BCUT2D eigenvalue weighted by Crippen LogP contribution is -2.12. The second-order valence-electron chi connectivity index (χ2n) is 5.21. The number of rotatable bonds is 6. The molecule has 0 aliphatic carbocycles. The lowest BCUT2D eigenvalue weighted by atomic mass is 10.2. The van der Waals surface area contributed by atoms with E-state index in [1.54, 1.807) is 14.2 Å². The van der Waals surface area contributed by atoms with Crippen LogP contribution >= 0.6 is 0 Å². The zero-order valence-electron chi connectivity index (χ0n) is 13.6. The number of benzene rings is 1. The molecule has 0 fully saturated rings. The molecule has 1 aromatic heterocycles. The number of hydrogen-bond donors (Lipinski definition) is 2. The summed E-state index contributed by atoms with van der Waals surface area (Å²) in [5.41, 5.74) is 1.66. The van der Waals surface area contributed by atoms with Gasteiger partial charge >= 0.3 is 0 Å². The summed E-state index contributed by atoms with van der Waals surface area (Å²) < 4.78 is 10.6. The van der Waals surface area contributed by atoms with Gasteiger partial charge in [0.15, 0.2) is 0 Å². The summed E-state index contributed by atoms with van der Waals surface area (Å²) in [6, 6.07) is 7.76. The van der Waals surface area contributed by atoms with Crippen molar-refractivity contribution in [2.45, 2.75) is 26.8 Å². The van der Waals surface area contributed by atoms with Gasteiger partial charge in [0, 0.05) is 23.9 Å². The first kappa shape index (κ1) is 15.9. The summed E-state index contributed by atoms with van der Waals surface area (Å²) in [4.78, 5) is 8.87. The molecular formula is C16H22N4O2. The number of ether oxygens (including phenoxy) is 2. The summed E-state index contributed by atoms with van der Waals surface area (Å²) in [5.74, 6) is 2.71. The molecule has 0 bridgehead atoms. The maximum atomic E-state index is 5.37. The van der Waals surface area contributed by atoms with Crippen molar-refractivity contribution in [3.8, 4) is 11.5 Å². The Hall–Kier alpha value is -2.50. The van der Waals surface area contributed by atoms with E-state index in [9.17, 15) is 0 Å². The van der Waals surface area contributed by atoms with Crippen molar-refractivity contribution >= 4 is 17.5 Å². The molecule has 0 amide bonds. The molecule has 2 aromatic rings. The van der Waals surface area contributed by atoms with Crippen LogP contribution in [0.15, 0.2) is 24.3 Å². The first-order valence-corrected chi connectivity index (χ1v) is 7.13. The van der Waals surface area contributed by atoms with Crippen molar-refractivity contribution < 1.29 is 9.47 Å². The molecule has 2 rings (SSSR count). The van der Waals surface area contributed by atoms with Crippen molar-refractivity contribution in [2.24, 2.45) is 0 Å². The van der Waals surface area contributed by atoms with Crippen LogP contribution in [0.5, 0.6) is 11.5 Å². The van der Waals surface area contributed by atoms with Gasteiger partial charge in [0.1, 0.15) is 17.3 Å². The molecule has 0 aliphatic rings. The number of aryl methyl sites for hydroxylation is 1. The van der Waals surface area contributed by atoms with Gasteiger partial charge in [-0.3, -0.25) is 0 Å². The highest BCUT2D eigenvalue weighted by atomic mass is 16.5. The predicted octanol–water partition coefficient (Wildman–Crippen LogP) is 3.37. The minimum absolute atomic E-state index is 0.303. The summed E-state index contributed by atoms with van der Waals surface area (Å²) in [7, 11) is 3.23. The number of aromatic nitrogens is 2. The second kappa shape index (κ2) is 6.98. The maximum absolute atomic E-state index is 5.37. The Morgan fingerprint density at radius 2 is 1.82 bits per heavy atom. The van der Waals surface area contributed by atoms with Crippen molar-refractivity contribution in [1.82, 2.24) is 9.97 Å².